The minimum absolute atomic E-state index is 0.194. The van der Waals surface area contributed by atoms with Crippen LogP contribution in [0.25, 0.3) is 0 Å². The summed E-state index contributed by atoms with van der Waals surface area (Å²) in [6.07, 6.45) is 7.70. The predicted octanol–water partition coefficient (Wildman–Crippen LogP) is 3.59. The third-order valence-electron chi connectivity index (χ3n) is 4.96. The van der Waals surface area contributed by atoms with Crippen LogP contribution in [0.5, 0.6) is 0 Å². The van der Waals surface area contributed by atoms with Gasteiger partial charge in [-0.15, -0.1) is 0 Å². The van der Waals surface area contributed by atoms with Crippen LogP contribution in [0, 0.1) is 5.92 Å². The van der Waals surface area contributed by atoms with Crippen molar-refractivity contribution in [1.29, 1.82) is 0 Å². The Labute approximate surface area is 145 Å². The highest BCUT2D eigenvalue weighted by Crippen LogP contribution is 2.33. The Hall–Kier alpha value is -1.65. The number of ether oxygens (including phenoxy) is 1. The van der Waals surface area contributed by atoms with E-state index < -0.39 is 0 Å². The molecule has 1 aliphatic rings. The van der Waals surface area contributed by atoms with Crippen molar-refractivity contribution in [2.45, 2.75) is 51.8 Å². The molecule has 0 spiro atoms. The summed E-state index contributed by atoms with van der Waals surface area (Å²) >= 11 is 0. The number of hydrogen-bond acceptors (Lipinski definition) is 3. The molecule has 4 nitrogen and oxygen atoms in total. The maximum absolute atomic E-state index is 5.98. The van der Waals surface area contributed by atoms with Crippen LogP contribution < -0.4 is 5.32 Å². The van der Waals surface area contributed by atoms with Gasteiger partial charge in [0.15, 0.2) is 0 Å². The number of benzene rings is 1. The Morgan fingerprint density at radius 2 is 2.17 bits per heavy atom. The van der Waals surface area contributed by atoms with E-state index in [9.17, 15) is 0 Å². The molecule has 0 radical (unpaired) electrons. The highest BCUT2D eigenvalue weighted by molar-refractivity contribution is 5.15. The smallest absolute Gasteiger partial charge is 0.0896 e. The lowest BCUT2D eigenvalue weighted by atomic mass is 9.96. The van der Waals surface area contributed by atoms with Gasteiger partial charge in [0.25, 0.3) is 0 Å². The fraction of sp³-hybridized carbons (Fsp3) is 0.550. The first-order valence-corrected chi connectivity index (χ1v) is 9.17. The van der Waals surface area contributed by atoms with Crippen LogP contribution >= 0.6 is 0 Å². The monoisotopic (exact) mass is 327 g/mol. The number of rotatable bonds is 8. The van der Waals surface area contributed by atoms with Gasteiger partial charge in [-0.2, -0.15) is 5.10 Å². The quantitative estimate of drug-likeness (QED) is 0.805. The van der Waals surface area contributed by atoms with Crippen molar-refractivity contribution in [3.05, 3.63) is 53.9 Å². The average molecular weight is 327 g/mol. The number of aryl methyl sites for hydroxylation is 2. The Morgan fingerprint density at radius 1 is 1.33 bits per heavy atom. The topological polar surface area (TPSA) is 39.1 Å². The summed E-state index contributed by atoms with van der Waals surface area (Å²) in [4.78, 5) is 0. The van der Waals surface area contributed by atoms with Crippen molar-refractivity contribution in [3.63, 3.8) is 0 Å². The van der Waals surface area contributed by atoms with E-state index in [0.29, 0.717) is 12.0 Å². The fourth-order valence-electron chi connectivity index (χ4n) is 3.39. The van der Waals surface area contributed by atoms with Crippen LogP contribution in [0.1, 0.15) is 43.9 Å². The summed E-state index contributed by atoms with van der Waals surface area (Å²) in [5.41, 5.74) is 2.64. The van der Waals surface area contributed by atoms with Crippen molar-refractivity contribution in [1.82, 2.24) is 15.1 Å². The van der Waals surface area contributed by atoms with Crippen LogP contribution in [0.2, 0.25) is 0 Å². The van der Waals surface area contributed by atoms with E-state index >= 15 is 0 Å². The first-order valence-electron chi connectivity index (χ1n) is 9.17. The van der Waals surface area contributed by atoms with E-state index in [-0.39, 0.29) is 6.10 Å². The molecule has 0 amide bonds. The van der Waals surface area contributed by atoms with Crippen LogP contribution in [0.15, 0.2) is 42.7 Å². The molecule has 3 atom stereocenters. The molecule has 24 heavy (non-hydrogen) atoms. The third kappa shape index (κ3) is 4.46. The zero-order chi connectivity index (χ0) is 16.8. The number of hydrogen-bond donors (Lipinski definition) is 1. The maximum atomic E-state index is 5.98. The zero-order valence-corrected chi connectivity index (χ0v) is 14.8. The maximum Gasteiger partial charge on any atom is 0.0896 e. The largest absolute Gasteiger partial charge is 0.373 e. The SMILES string of the molecule is CCn1cc([C@@H]2OCC[C@@H]2CN[C@H](C)CCc2ccccc2)cn1. The molecule has 0 aliphatic carbocycles. The standard InChI is InChI=1S/C20H29N3O/c1-3-23-15-19(14-22-23)20-18(11-12-24-20)13-21-16(2)9-10-17-7-5-4-6-8-17/h4-8,14-16,18,20-21H,3,9-13H2,1-2H3/t16-,18-,20-/m1/s1. The van der Waals surface area contributed by atoms with E-state index in [1.54, 1.807) is 0 Å². The van der Waals surface area contributed by atoms with Gasteiger partial charge in [0.05, 0.1) is 12.3 Å². The Kier molecular flexibility index (Phi) is 6.05. The fourth-order valence-corrected chi connectivity index (χ4v) is 3.39. The second-order valence-corrected chi connectivity index (χ2v) is 6.80. The molecule has 1 aromatic heterocycles. The summed E-state index contributed by atoms with van der Waals surface area (Å²) in [6.45, 7) is 7.17. The summed E-state index contributed by atoms with van der Waals surface area (Å²) in [5, 5.41) is 8.10. The Balaban J connectivity index is 1.46. The van der Waals surface area contributed by atoms with Gasteiger partial charge in [-0.05, 0) is 38.7 Å². The highest BCUT2D eigenvalue weighted by Gasteiger charge is 2.30. The van der Waals surface area contributed by atoms with Gasteiger partial charge in [-0.25, -0.2) is 0 Å². The van der Waals surface area contributed by atoms with Gasteiger partial charge in [0.2, 0.25) is 0 Å². The molecule has 2 aromatic rings. The molecule has 0 saturated carbocycles. The zero-order valence-electron chi connectivity index (χ0n) is 14.8. The Morgan fingerprint density at radius 3 is 2.92 bits per heavy atom. The molecule has 0 bridgehead atoms. The first-order chi connectivity index (χ1) is 11.8. The molecule has 2 heterocycles. The number of nitrogens with zero attached hydrogens (tertiary/aromatic N) is 2. The third-order valence-corrected chi connectivity index (χ3v) is 4.96. The van der Waals surface area contributed by atoms with Crippen LogP contribution in [-0.4, -0.2) is 29.0 Å². The van der Waals surface area contributed by atoms with Crippen molar-refractivity contribution in [3.8, 4) is 0 Å². The summed E-state index contributed by atoms with van der Waals surface area (Å²) in [7, 11) is 0. The van der Waals surface area contributed by atoms with Crippen molar-refractivity contribution >= 4 is 0 Å². The summed E-state index contributed by atoms with van der Waals surface area (Å²) in [6, 6.07) is 11.2. The van der Waals surface area contributed by atoms with E-state index in [1.165, 1.54) is 11.1 Å². The molecule has 1 aromatic carbocycles. The molecule has 1 N–H and O–H groups in total. The van der Waals surface area contributed by atoms with Gasteiger partial charge in [-0.1, -0.05) is 30.3 Å². The molecular formula is C20H29N3O. The van der Waals surface area contributed by atoms with Gasteiger partial charge in [0.1, 0.15) is 0 Å². The molecule has 4 heteroatoms. The highest BCUT2D eigenvalue weighted by atomic mass is 16.5. The molecular weight excluding hydrogens is 298 g/mol. The van der Waals surface area contributed by atoms with Crippen LogP contribution in [0.4, 0.5) is 0 Å². The molecule has 1 saturated heterocycles. The average Bonchev–Trinajstić information content (AvgIpc) is 3.27. The second-order valence-electron chi connectivity index (χ2n) is 6.80. The minimum atomic E-state index is 0.194. The van der Waals surface area contributed by atoms with E-state index in [4.69, 9.17) is 4.74 Å². The van der Waals surface area contributed by atoms with Crippen LogP contribution in [-0.2, 0) is 17.7 Å². The van der Waals surface area contributed by atoms with E-state index in [2.05, 4.69) is 60.8 Å². The Bertz CT molecular complexity index is 610. The van der Waals surface area contributed by atoms with Gasteiger partial charge >= 0.3 is 0 Å². The normalized spacial score (nSPS) is 21.9. The van der Waals surface area contributed by atoms with Crippen molar-refractivity contribution in [2.24, 2.45) is 5.92 Å². The minimum Gasteiger partial charge on any atom is -0.373 e. The molecule has 130 valence electrons. The van der Waals surface area contributed by atoms with E-state index in [1.807, 2.05) is 10.9 Å². The molecule has 0 unspecified atom stereocenters. The summed E-state index contributed by atoms with van der Waals surface area (Å²) in [5.74, 6) is 0.540. The van der Waals surface area contributed by atoms with Crippen molar-refractivity contribution in [2.75, 3.05) is 13.2 Å². The molecule has 1 fully saturated rings. The van der Waals surface area contributed by atoms with Crippen molar-refractivity contribution < 1.29 is 4.74 Å². The second kappa shape index (κ2) is 8.45. The number of aromatic nitrogens is 2. The lowest BCUT2D eigenvalue weighted by molar-refractivity contribution is 0.0898. The lowest BCUT2D eigenvalue weighted by Gasteiger charge is -2.21. The summed E-state index contributed by atoms with van der Waals surface area (Å²) < 4.78 is 7.95. The lowest BCUT2D eigenvalue weighted by Crippen LogP contribution is -2.32. The first kappa shape index (κ1) is 17.2. The molecule has 1 aliphatic heterocycles. The van der Waals surface area contributed by atoms with Gasteiger partial charge in [-0.3, -0.25) is 4.68 Å². The predicted molar refractivity (Wildman–Crippen MR) is 96.9 cm³/mol. The van der Waals surface area contributed by atoms with Gasteiger partial charge in [0, 0.05) is 43.4 Å². The van der Waals surface area contributed by atoms with E-state index in [0.717, 1.165) is 39.0 Å². The number of nitrogens with one attached hydrogen (secondary N) is 1. The van der Waals surface area contributed by atoms with Gasteiger partial charge < -0.3 is 10.1 Å². The van der Waals surface area contributed by atoms with Crippen LogP contribution in [0.3, 0.4) is 0 Å². The molecule has 3 rings (SSSR count).